The Kier molecular flexibility index (Phi) is 4.56. The van der Waals surface area contributed by atoms with Crippen molar-refractivity contribution in [2.24, 2.45) is 0 Å². The zero-order valence-corrected chi connectivity index (χ0v) is 13.4. The van der Waals surface area contributed by atoms with E-state index in [1.54, 1.807) is 10.5 Å². The van der Waals surface area contributed by atoms with E-state index in [-0.39, 0.29) is 6.54 Å². The van der Waals surface area contributed by atoms with E-state index >= 15 is 0 Å². The van der Waals surface area contributed by atoms with Gasteiger partial charge in [0.15, 0.2) is 0 Å². The Morgan fingerprint density at radius 1 is 1.62 bits per heavy atom. The Bertz CT molecular complexity index is 733. The Morgan fingerprint density at radius 3 is 2.95 bits per heavy atom. The Balaban J connectivity index is 2.64. The van der Waals surface area contributed by atoms with Crippen molar-refractivity contribution in [1.82, 2.24) is 14.2 Å². The van der Waals surface area contributed by atoms with Gasteiger partial charge < -0.3 is 9.07 Å². The van der Waals surface area contributed by atoms with Gasteiger partial charge in [-0.05, 0) is 35.0 Å². The Morgan fingerprint density at radius 2 is 2.33 bits per heavy atom. The molecule has 0 aliphatic heterocycles. The van der Waals surface area contributed by atoms with Crippen LogP contribution in [-0.4, -0.2) is 40.9 Å². The van der Waals surface area contributed by atoms with E-state index in [1.807, 2.05) is 24.9 Å². The van der Waals surface area contributed by atoms with Gasteiger partial charge >= 0.3 is 5.97 Å². The van der Waals surface area contributed by atoms with Crippen LogP contribution in [0.5, 0.6) is 0 Å². The number of aryl methyl sites for hydroxylation is 1. The number of nitriles is 1. The number of hydrogen-bond acceptors (Lipinski definition) is 5. The van der Waals surface area contributed by atoms with Gasteiger partial charge in [0, 0.05) is 18.1 Å². The number of nitrogens with zero attached hydrogens (tertiary/aromatic N) is 4. The van der Waals surface area contributed by atoms with Crippen molar-refractivity contribution in [1.29, 1.82) is 5.26 Å². The van der Waals surface area contributed by atoms with Crippen LogP contribution in [0.25, 0.3) is 11.0 Å². The molecule has 110 valence electrons. The van der Waals surface area contributed by atoms with Crippen LogP contribution in [0, 0.1) is 18.3 Å². The third-order valence-electron chi connectivity index (χ3n) is 3.23. The third-order valence-corrected chi connectivity index (χ3v) is 3.79. The molecule has 0 fully saturated rings. The van der Waals surface area contributed by atoms with Crippen molar-refractivity contribution in [3.63, 3.8) is 0 Å². The van der Waals surface area contributed by atoms with Crippen LogP contribution < -0.4 is 0 Å². The summed E-state index contributed by atoms with van der Waals surface area (Å²) in [4.78, 5) is 18.4. The lowest BCUT2D eigenvalue weighted by Crippen LogP contribution is -2.20. The average molecular weight is 304 g/mol. The molecule has 0 radical (unpaired) electrons. The third kappa shape index (κ3) is 2.90. The summed E-state index contributed by atoms with van der Waals surface area (Å²) in [5.41, 5.74) is 2.94. The molecule has 2 rings (SSSR count). The summed E-state index contributed by atoms with van der Waals surface area (Å²) in [5, 5.41) is 9.54. The van der Waals surface area contributed by atoms with Gasteiger partial charge in [0.2, 0.25) is 0 Å². The standard InChI is InChI=1S/C14H17N4O2P/c1-9-6-10-12(14(19)20-3)11(8-17(2)5-4-15)18(21)13(10)16-7-9/h6-7H,5,8,21H2,1-3H3. The average Bonchev–Trinajstić information content (AvgIpc) is 2.71. The molecule has 6 nitrogen and oxygen atoms in total. The predicted octanol–water partition coefficient (Wildman–Crippen LogP) is 1.72. The number of rotatable bonds is 4. The van der Waals surface area contributed by atoms with Gasteiger partial charge in [0.25, 0.3) is 0 Å². The minimum Gasteiger partial charge on any atom is -0.465 e. The first kappa shape index (κ1) is 15.4. The molecule has 0 amide bonds. The molecule has 2 aromatic rings. The molecule has 2 heterocycles. The smallest absolute Gasteiger partial charge is 0.340 e. The molecule has 0 aliphatic carbocycles. The van der Waals surface area contributed by atoms with E-state index in [0.29, 0.717) is 17.8 Å². The van der Waals surface area contributed by atoms with Gasteiger partial charge in [-0.25, -0.2) is 9.78 Å². The minimum atomic E-state index is -0.394. The van der Waals surface area contributed by atoms with E-state index in [1.165, 1.54) is 7.11 Å². The van der Waals surface area contributed by atoms with Crippen molar-refractivity contribution >= 4 is 26.4 Å². The summed E-state index contributed by atoms with van der Waals surface area (Å²) in [6, 6.07) is 4.01. The van der Waals surface area contributed by atoms with Gasteiger partial charge in [-0.1, -0.05) is 0 Å². The highest BCUT2D eigenvalue weighted by Gasteiger charge is 2.23. The van der Waals surface area contributed by atoms with Gasteiger partial charge in [-0.3, -0.25) is 4.90 Å². The number of carbonyl (C=O) groups is 1. The number of pyridine rings is 1. The lowest BCUT2D eigenvalue weighted by Gasteiger charge is -2.14. The monoisotopic (exact) mass is 304 g/mol. The molecule has 0 bridgehead atoms. The lowest BCUT2D eigenvalue weighted by atomic mass is 10.1. The highest BCUT2D eigenvalue weighted by molar-refractivity contribution is 7.15. The lowest BCUT2D eigenvalue weighted by molar-refractivity contribution is 0.0601. The van der Waals surface area contributed by atoms with Crippen LogP contribution in [-0.2, 0) is 11.3 Å². The van der Waals surface area contributed by atoms with Gasteiger partial charge in [-0.2, -0.15) is 5.26 Å². The second-order valence-electron chi connectivity index (χ2n) is 4.90. The van der Waals surface area contributed by atoms with Crippen LogP contribution in [0.15, 0.2) is 12.3 Å². The number of hydrogen-bond donors (Lipinski definition) is 0. The topological polar surface area (TPSA) is 71.2 Å². The number of esters is 1. The molecule has 0 aliphatic rings. The van der Waals surface area contributed by atoms with E-state index < -0.39 is 5.97 Å². The summed E-state index contributed by atoms with van der Waals surface area (Å²) < 4.78 is 6.71. The number of fused-ring (bicyclic) bond motifs is 1. The molecule has 7 heteroatoms. The predicted molar refractivity (Wildman–Crippen MR) is 82.9 cm³/mol. The maximum atomic E-state index is 12.2. The van der Waals surface area contributed by atoms with E-state index in [9.17, 15) is 4.79 Å². The fourth-order valence-corrected chi connectivity index (χ4v) is 2.68. The quantitative estimate of drug-likeness (QED) is 0.489. The summed E-state index contributed by atoms with van der Waals surface area (Å²) in [5.74, 6) is -0.394. The van der Waals surface area contributed by atoms with Crippen LogP contribution in [0.3, 0.4) is 0 Å². The minimum absolute atomic E-state index is 0.277. The van der Waals surface area contributed by atoms with Gasteiger partial charge in [0.05, 0.1) is 31.0 Å². The molecular weight excluding hydrogens is 287 g/mol. The van der Waals surface area contributed by atoms with Crippen molar-refractivity contribution < 1.29 is 9.53 Å². The first-order valence-corrected chi connectivity index (χ1v) is 6.90. The fraction of sp³-hybridized carbons (Fsp3) is 0.357. The summed E-state index contributed by atoms with van der Waals surface area (Å²) in [6.07, 6.45) is 1.76. The Labute approximate surface area is 125 Å². The van der Waals surface area contributed by atoms with Crippen LogP contribution in [0.2, 0.25) is 0 Å². The molecule has 21 heavy (non-hydrogen) atoms. The molecule has 2 aromatic heterocycles. The van der Waals surface area contributed by atoms with E-state index in [2.05, 4.69) is 20.4 Å². The van der Waals surface area contributed by atoms with Crippen LogP contribution >= 0.6 is 9.39 Å². The zero-order chi connectivity index (χ0) is 15.6. The summed E-state index contributed by atoms with van der Waals surface area (Å²) in [6.45, 7) is 2.66. The first-order chi connectivity index (χ1) is 9.99. The molecule has 1 unspecified atom stereocenters. The summed E-state index contributed by atoms with van der Waals surface area (Å²) in [7, 11) is 5.75. The van der Waals surface area contributed by atoms with E-state index in [4.69, 9.17) is 10.00 Å². The normalized spacial score (nSPS) is 10.9. The first-order valence-electron chi connectivity index (χ1n) is 6.38. The molecule has 0 aromatic carbocycles. The van der Waals surface area contributed by atoms with Gasteiger partial charge in [-0.15, -0.1) is 0 Å². The highest BCUT2D eigenvalue weighted by atomic mass is 31.0. The molecule has 0 N–H and O–H groups in total. The highest BCUT2D eigenvalue weighted by Crippen LogP contribution is 2.29. The number of methoxy groups -OCH3 is 1. The van der Waals surface area contributed by atoms with Crippen molar-refractivity contribution in [2.75, 3.05) is 20.7 Å². The second-order valence-corrected chi connectivity index (χ2v) is 5.41. The second kappa shape index (κ2) is 6.21. The molecule has 1 atom stereocenters. The maximum Gasteiger partial charge on any atom is 0.340 e. The largest absolute Gasteiger partial charge is 0.465 e. The summed E-state index contributed by atoms with van der Waals surface area (Å²) >= 11 is 0. The van der Waals surface area contributed by atoms with E-state index in [0.717, 1.165) is 16.6 Å². The fourth-order valence-electron chi connectivity index (χ4n) is 2.26. The van der Waals surface area contributed by atoms with Crippen molar-refractivity contribution in [2.45, 2.75) is 13.5 Å². The molecule has 0 saturated carbocycles. The maximum absolute atomic E-state index is 12.2. The van der Waals surface area contributed by atoms with Crippen molar-refractivity contribution in [3.05, 3.63) is 29.1 Å². The number of ether oxygens (including phenoxy) is 1. The Hall–Kier alpha value is -1.96. The van der Waals surface area contributed by atoms with Crippen molar-refractivity contribution in [3.8, 4) is 6.07 Å². The molecule has 0 spiro atoms. The SMILES string of the molecule is COC(=O)c1c(CN(C)CC#N)n(P)c2ncc(C)cc12. The van der Waals surface area contributed by atoms with Gasteiger partial charge in [0.1, 0.15) is 5.65 Å². The van der Waals surface area contributed by atoms with Crippen LogP contribution in [0.1, 0.15) is 21.6 Å². The number of aromatic nitrogens is 2. The molecule has 0 saturated heterocycles. The number of carbonyl (C=O) groups excluding carboxylic acids is 1. The zero-order valence-electron chi connectivity index (χ0n) is 12.3. The molecular formula is C14H17N4O2P. The van der Waals surface area contributed by atoms with Crippen LogP contribution in [0.4, 0.5) is 0 Å².